The molecule has 0 saturated carbocycles. The molecule has 3 heterocycles. The molecule has 152 valence electrons. The van der Waals surface area contributed by atoms with Crippen molar-refractivity contribution in [1.29, 1.82) is 0 Å². The molecule has 7 heteroatoms. The van der Waals surface area contributed by atoms with E-state index in [0.29, 0.717) is 11.7 Å². The lowest BCUT2D eigenvalue weighted by atomic mass is 10.1. The van der Waals surface area contributed by atoms with Gasteiger partial charge in [-0.15, -0.1) is 0 Å². The van der Waals surface area contributed by atoms with Crippen LogP contribution in [0.5, 0.6) is 5.75 Å². The number of furan rings is 1. The maximum Gasteiger partial charge on any atom is 0.195 e. The third kappa shape index (κ3) is 5.59. The average Bonchev–Trinajstić information content (AvgIpc) is 3.41. The van der Waals surface area contributed by atoms with Crippen molar-refractivity contribution < 1.29 is 13.9 Å². The Morgan fingerprint density at radius 2 is 1.97 bits per heavy atom. The van der Waals surface area contributed by atoms with Gasteiger partial charge in [-0.1, -0.05) is 18.2 Å². The number of para-hydroxylation sites is 1. The molecule has 1 aliphatic rings. The van der Waals surface area contributed by atoms with Crippen molar-refractivity contribution in [3.8, 4) is 5.75 Å². The minimum Gasteiger partial charge on any atom is -0.496 e. The number of hydrogen-bond acceptors (Lipinski definition) is 7. The molecular weight excluding hydrogens is 386 g/mol. The molecule has 0 bridgehead atoms. The van der Waals surface area contributed by atoms with Crippen LogP contribution in [0.4, 0.5) is 0 Å². The smallest absolute Gasteiger partial charge is 0.195 e. The monoisotopic (exact) mass is 411 g/mol. The third-order valence-electron chi connectivity index (χ3n) is 4.82. The molecule has 4 rings (SSSR count). The fourth-order valence-electron chi connectivity index (χ4n) is 3.48. The Balaban J connectivity index is 1.46. The summed E-state index contributed by atoms with van der Waals surface area (Å²) in [6.45, 7) is 3.19. The van der Waals surface area contributed by atoms with Gasteiger partial charge in [0.1, 0.15) is 11.5 Å². The van der Waals surface area contributed by atoms with Gasteiger partial charge in [0, 0.05) is 37.7 Å². The summed E-state index contributed by atoms with van der Waals surface area (Å²) in [4.78, 5) is 10.8. The SMILES string of the molecule is COc1ccccc1CN(Cc1ccc(Sc2ncccn2)o1)C[C@@H]1CCCO1. The first-order valence-electron chi connectivity index (χ1n) is 9.79. The molecule has 0 N–H and O–H groups in total. The Morgan fingerprint density at radius 1 is 1.10 bits per heavy atom. The Labute approximate surface area is 175 Å². The maximum atomic E-state index is 6.05. The first-order valence-corrected chi connectivity index (χ1v) is 10.6. The molecule has 3 aromatic rings. The number of methoxy groups -OCH3 is 1. The van der Waals surface area contributed by atoms with Gasteiger partial charge in [0.15, 0.2) is 10.2 Å². The molecule has 1 aliphatic heterocycles. The molecule has 0 unspecified atom stereocenters. The molecule has 0 aliphatic carbocycles. The van der Waals surface area contributed by atoms with Crippen molar-refractivity contribution in [2.24, 2.45) is 0 Å². The van der Waals surface area contributed by atoms with Gasteiger partial charge >= 0.3 is 0 Å². The van der Waals surface area contributed by atoms with Crippen LogP contribution in [0.25, 0.3) is 0 Å². The standard InChI is InChI=1S/C22H25N3O3S/c1-26-20-8-3-2-6-17(20)14-25(15-18-7-4-13-27-18)16-19-9-10-21(28-19)29-22-23-11-5-12-24-22/h2-3,5-6,8-12,18H,4,7,13-16H2,1H3/t18-/m0/s1. The highest BCUT2D eigenvalue weighted by atomic mass is 32.2. The van der Waals surface area contributed by atoms with Crippen molar-refractivity contribution in [2.45, 2.75) is 42.3 Å². The van der Waals surface area contributed by atoms with Gasteiger partial charge in [-0.2, -0.15) is 0 Å². The summed E-state index contributed by atoms with van der Waals surface area (Å²) in [7, 11) is 1.71. The largest absolute Gasteiger partial charge is 0.496 e. The van der Waals surface area contributed by atoms with E-state index in [4.69, 9.17) is 13.9 Å². The Kier molecular flexibility index (Phi) is 6.82. The zero-order chi connectivity index (χ0) is 19.9. The molecule has 1 fully saturated rings. The van der Waals surface area contributed by atoms with Crippen LogP contribution in [0.1, 0.15) is 24.2 Å². The zero-order valence-corrected chi connectivity index (χ0v) is 17.3. The molecule has 0 amide bonds. The van der Waals surface area contributed by atoms with E-state index < -0.39 is 0 Å². The van der Waals surface area contributed by atoms with Crippen LogP contribution in [0, 0.1) is 0 Å². The van der Waals surface area contributed by atoms with Crippen LogP contribution < -0.4 is 4.74 Å². The number of ether oxygens (including phenoxy) is 2. The number of benzene rings is 1. The summed E-state index contributed by atoms with van der Waals surface area (Å²) in [5.74, 6) is 1.82. The molecule has 0 spiro atoms. The zero-order valence-electron chi connectivity index (χ0n) is 16.5. The van der Waals surface area contributed by atoms with Gasteiger partial charge in [-0.25, -0.2) is 9.97 Å². The Morgan fingerprint density at radius 3 is 2.76 bits per heavy atom. The fraction of sp³-hybridized carbons (Fsp3) is 0.364. The van der Waals surface area contributed by atoms with E-state index in [2.05, 4.69) is 20.9 Å². The molecule has 1 saturated heterocycles. The first-order chi connectivity index (χ1) is 14.3. The van der Waals surface area contributed by atoms with Crippen LogP contribution in [-0.2, 0) is 17.8 Å². The van der Waals surface area contributed by atoms with Gasteiger partial charge in [-0.3, -0.25) is 4.90 Å². The molecule has 29 heavy (non-hydrogen) atoms. The minimum atomic E-state index is 0.270. The van der Waals surface area contributed by atoms with Crippen molar-refractivity contribution in [1.82, 2.24) is 14.9 Å². The van der Waals surface area contributed by atoms with Crippen LogP contribution in [0.2, 0.25) is 0 Å². The highest BCUT2D eigenvalue weighted by Crippen LogP contribution is 2.28. The van der Waals surface area contributed by atoms with Crippen molar-refractivity contribution in [2.75, 3.05) is 20.3 Å². The lowest BCUT2D eigenvalue weighted by Gasteiger charge is -2.25. The molecular formula is C22H25N3O3S. The third-order valence-corrected chi connectivity index (χ3v) is 5.64. The number of rotatable bonds is 9. The second-order valence-corrected chi connectivity index (χ2v) is 7.94. The van der Waals surface area contributed by atoms with E-state index in [1.54, 1.807) is 25.6 Å². The summed E-state index contributed by atoms with van der Waals surface area (Å²) >= 11 is 1.43. The normalized spacial score (nSPS) is 16.4. The number of nitrogens with zero attached hydrogens (tertiary/aromatic N) is 3. The van der Waals surface area contributed by atoms with E-state index in [0.717, 1.165) is 54.7 Å². The van der Waals surface area contributed by atoms with Crippen molar-refractivity contribution >= 4 is 11.8 Å². The van der Waals surface area contributed by atoms with E-state index in [1.807, 2.05) is 30.3 Å². The van der Waals surface area contributed by atoms with Crippen molar-refractivity contribution in [3.63, 3.8) is 0 Å². The molecule has 1 aromatic carbocycles. The number of hydrogen-bond donors (Lipinski definition) is 0. The highest BCUT2D eigenvalue weighted by Gasteiger charge is 2.21. The van der Waals surface area contributed by atoms with Gasteiger partial charge in [-0.05, 0) is 48.9 Å². The summed E-state index contributed by atoms with van der Waals surface area (Å²) in [5.41, 5.74) is 1.16. The van der Waals surface area contributed by atoms with E-state index in [-0.39, 0.29) is 6.10 Å². The molecule has 0 radical (unpaired) electrons. The predicted molar refractivity (Wildman–Crippen MR) is 111 cm³/mol. The number of aromatic nitrogens is 2. The summed E-state index contributed by atoms with van der Waals surface area (Å²) in [5, 5.41) is 1.47. The minimum absolute atomic E-state index is 0.270. The molecule has 1 atom stereocenters. The lowest BCUT2D eigenvalue weighted by Crippen LogP contribution is -2.31. The second-order valence-electron chi connectivity index (χ2n) is 6.97. The van der Waals surface area contributed by atoms with Gasteiger partial charge in [0.05, 0.1) is 19.8 Å². The van der Waals surface area contributed by atoms with E-state index >= 15 is 0 Å². The molecule has 6 nitrogen and oxygen atoms in total. The predicted octanol–water partition coefficient (Wildman–Crippen LogP) is 4.41. The van der Waals surface area contributed by atoms with Crippen LogP contribution in [0.15, 0.2) is 69.5 Å². The Bertz CT molecular complexity index is 897. The summed E-state index contributed by atoms with van der Waals surface area (Å²) < 4.78 is 17.5. The Hall–Kier alpha value is -2.35. The van der Waals surface area contributed by atoms with Crippen LogP contribution in [-0.4, -0.2) is 41.2 Å². The van der Waals surface area contributed by atoms with Crippen molar-refractivity contribution in [3.05, 3.63) is 66.2 Å². The van der Waals surface area contributed by atoms with Gasteiger partial charge in [0.25, 0.3) is 0 Å². The quantitative estimate of drug-likeness (QED) is 0.483. The average molecular weight is 412 g/mol. The van der Waals surface area contributed by atoms with E-state index in [9.17, 15) is 0 Å². The summed E-state index contributed by atoms with van der Waals surface area (Å²) in [6, 6.07) is 14.0. The topological polar surface area (TPSA) is 60.6 Å². The molecule has 2 aromatic heterocycles. The van der Waals surface area contributed by atoms with Gasteiger partial charge < -0.3 is 13.9 Å². The van der Waals surface area contributed by atoms with Crippen LogP contribution >= 0.6 is 11.8 Å². The lowest BCUT2D eigenvalue weighted by molar-refractivity contribution is 0.0648. The first kappa shape index (κ1) is 19.9. The van der Waals surface area contributed by atoms with Gasteiger partial charge in [0.2, 0.25) is 0 Å². The fourth-order valence-corrected chi connectivity index (χ4v) is 4.17. The summed E-state index contributed by atoms with van der Waals surface area (Å²) in [6.07, 6.45) is 5.97. The maximum absolute atomic E-state index is 6.05. The highest BCUT2D eigenvalue weighted by molar-refractivity contribution is 7.99. The van der Waals surface area contributed by atoms with Crippen LogP contribution in [0.3, 0.4) is 0 Å². The van der Waals surface area contributed by atoms with E-state index in [1.165, 1.54) is 11.8 Å². The second kappa shape index (κ2) is 9.91.